The zero-order chi connectivity index (χ0) is 15.5. The predicted molar refractivity (Wildman–Crippen MR) is 92.0 cm³/mol. The third-order valence-corrected chi connectivity index (χ3v) is 3.80. The van der Waals surface area contributed by atoms with E-state index < -0.39 is 0 Å². The lowest BCUT2D eigenvalue weighted by Gasteiger charge is -2.19. The smallest absolute Gasteiger partial charge is 0.232 e. The molecule has 122 valence electrons. The maximum absolute atomic E-state index is 6.04. The van der Waals surface area contributed by atoms with Crippen LogP contribution in [0.25, 0.3) is 0 Å². The van der Waals surface area contributed by atoms with Gasteiger partial charge in [-0.25, -0.2) is 0 Å². The summed E-state index contributed by atoms with van der Waals surface area (Å²) in [5.41, 5.74) is 0.939. The number of rotatable bonds is 6. The van der Waals surface area contributed by atoms with Crippen molar-refractivity contribution in [1.82, 2.24) is 15.5 Å². The lowest BCUT2D eigenvalue weighted by molar-refractivity contribution is 0.303. The van der Waals surface area contributed by atoms with Gasteiger partial charge in [-0.15, -0.1) is 12.4 Å². The van der Waals surface area contributed by atoms with E-state index in [1.54, 1.807) is 0 Å². The molecule has 1 aromatic heterocycles. The van der Waals surface area contributed by atoms with Crippen molar-refractivity contribution in [3.63, 3.8) is 0 Å². The normalized spacial score (nSPS) is 12.8. The molecule has 0 amide bonds. The van der Waals surface area contributed by atoms with Crippen LogP contribution in [0.3, 0.4) is 0 Å². The van der Waals surface area contributed by atoms with Crippen LogP contribution in [0.4, 0.5) is 0 Å². The van der Waals surface area contributed by atoms with Gasteiger partial charge in [-0.2, -0.15) is 4.98 Å². The Morgan fingerprint density at radius 1 is 1.36 bits per heavy atom. The molecule has 22 heavy (non-hydrogen) atoms. The van der Waals surface area contributed by atoms with Crippen LogP contribution in [0.1, 0.15) is 38.0 Å². The minimum atomic E-state index is -0.223. The number of hydrogen-bond acceptors (Lipinski definition) is 4. The van der Waals surface area contributed by atoms with Crippen LogP contribution >= 0.6 is 24.0 Å². The number of likely N-dealkylation sites (N-methyl/N-ethyl adjacent to an activating group) is 1. The molecule has 0 aliphatic carbocycles. The van der Waals surface area contributed by atoms with E-state index in [0.717, 1.165) is 29.3 Å². The fourth-order valence-corrected chi connectivity index (χ4v) is 2.43. The summed E-state index contributed by atoms with van der Waals surface area (Å²) >= 11 is 6.04. The van der Waals surface area contributed by atoms with Crippen molar-refractivity contribution in [2.24, 2.45) is 0 Å². The third-order valence-electron chi connectivity index (χ3n) is 3.56. The fraction of sp³-hybridized carbons (Fsp3) is 0.500. The van der Waals surface area contributed by atoms with Gasteiger partial charge in [-0.3, -0.25) is 0 Å². The molecular formula is C16H23Cl2N3O. The SMILES string of the molecule is CNC(C)Cc1noc(C(C)(C)Cc2cccc(Cl)c2)n1.Cl. The molecule has 0 aliphatic heterocycles. The molecule has 1 unspecified atom stereocenters. The highest BCUT2D eigenvalue weighted by atomic mass is 35.5. The van der Waals surface area contributed by atoms with Gasteiger partial charge in [0.05, 0.1) is 0 Å². The molecule has 1 N–H and O–H groups in total. The molecular weight excluding hydrogens is 321 g/mol. The van der Waals surface area contributed by atoms with E-state index in [2.05, 4.69) is 42.3 Å². The van der Waals surface area contributed by atoms with E-state index in [1.165, 1.54) is 0 Å². The second kappa shape index (κ2) is 7.95. The Bertz CT molecular complexity index is 599. The van der Waals surface area contributed by atoms with E-state index in [-0.39, 0.29) is 17.8 Å². The molecule has 6 heteroatoms. The zero-order valence-corrected chi connectivity index (χ0v) is 15.0. The number of halogens is 2. The predicted octanol–water partition coefficient (Wildman–Crippen LogP) is 3.82. The maximum Gasteiger partial charge on any atom is 0.232 e. The van der Waals surface area contributed by atoms with Crippen LogP contribution in [0.15, 0.2) is 28.8 Å². The Kier molecular flexibility index (Phi) is 6.85. The van der Waals surface area contributed by atoms with E-state index in [0.29, 0.717) is 11.9 Å². The van der Waals surface area contributed by atoms with Crippen LogP contribution < -0.4 is 5.32 Å². The van der Waals surface area contributed by atoms with Gasteiger partial charge in [-0.1, -0.05) is 42.7 Å². The lowest BCUT2D eigenvalue weighted by atomic mass is 9.85. The Morgan fingerprint density at radius 3 is 2.73 bits per heavy atom. The molecule has 0 radical (unpaired) electrons. The van der Waals surface area contributed by atoms with E-state index in [1.807, 2.05) is 25.2 Å². The number of hydrogen-bond donors (Lipinski definition) is 1. The van der Waals surface area contributed by atoms with Crippen LogP contribution in [-0.2, 0) is 18.3 Å². The van der Waals surface area contributed by atoms with Crippen molar-refractivity contribution < 1.29 is 4.52 Å². The van der Waals surface area contributed by atoms with E-state index in [9.17, 15) is 0 Å². The highest BCUT2D eigenvalue weighted by Crippen LogP contribution is 2.27. The molecule has 0 bridgehead atoms. The quantitative estimate of drug-likeness (QED) is 0.866. The summed E-state index contributed by atoms with van der Waals surface area (Å²) < 4.78 is 5.46. The molecule has 2 aromatic rings. The molecule has 2 rings (SSSR count). The summed E-state index contributed by atoms with van der Waals surface area (Å²) in [5, 5.41) is 8.00. The molecule has 0 saturated heterocycles. The topological polar surface area (TPSA) is 51.0 Å². The molecule has 0 saturated carbocycles. The average molecular weight is 344 g/mol. The summed E-state index contributed by atoms with van der Waals surface area (Å²) in [6, 6.07) is 8.20. The first kappa shape index (κ1) is 18.9. The summed E-state index contributed by atoms with van der Waals surface area (Å²) in [5.74, 6) is 1.41. The second-order valence-corrected chi connectivity index (χ2v) is 6.54. The lowest BCUT2D eigenvalue weighted by Crippen LogP contribution is -2.24. The minimum Gasteiger partial charge on any atom is -0.339 e. The van der Waals surface area contributed by atoms with Crippen LogP contribution in [0.5, 0.6) is 0 Å². The molecule has 0 spiro atoms. The highest BCUT2D eigenvalue weighted by molar-refractivity contribution is 6.30. The number of nitrogens with one attached hydrogen (secondary N) is 1. The van der Waals surface area contributed by atoms with Gasteiger partial charge in [0.1, 0.15) is 0 Å². The number of benzene rings is 1. The van der Waals surface area contributed by atoms with E-state index in [4.69, 9.17) is 16.1 Å². The van der Waals surface area contributed by atoms with Gasteiger partial charge in [0, 0.05) is 22.9 Å². The Labute approximate surface area is 143 Å². The molecule has 0 aliphatic rings. The van der Waals surface area contributed by atoms with Crippen molar-refractivity contribution in [1.29, 1.82) is 0 Å². The Hall–Kier alpha value is -1.10. The molecule has 1 aromatic carbocycles. The van der Waals surface area contributed by atoms with Crippen LogP contribution in [0.2, 0.25) is 5.02 Å². The minimum absolute atomic E-state index is 0. The summed E-state index contributed by atoms with van der Waals surface area (Å²) in [6.07, 6.45) is 1.56. The Balaban J connectivity index is 0.00000242. The van der Waals surface area contributed by atoms with Crippen molar-refractivity contribution >= 4 is 24.0 Å². The highest BCUT2D eigenvalue weighted by Gasteiger charge is 2.28. The summed E-state index contributed by atoms with van der Waals surface area (Å²) in [6.45, 7) is 6.30. The summed E-state index contributed by atoms with van der Waals surface area (Å²) in [4.78, 5) is 4.54. The van der Waals surface area contributed by atoms with E-state index >= 15 is 0 Å². The molecule has 1 atom stereocenters. The van der Waals surface area contributed by atoms with Crippen molar-refractivity contribution in [3.05, 3.63) is 46.6 Å². The largest absolute Gasteiger partial charge is 0.339 e. The van der Waals surface area contributed by atoms with Crippen molar-refractivity contribution in [2.75, 3.05) is 7.05 Å². The Morgan fingerprint density at radius 2 is 2.09 bits per heavy atom. The average Bonchev–Trinajstić information content (AvgIpc) is 2.87. The van der Waals surface area contributed by atoms with Gasteiger partial charge in [0.2, 0.25) is 5.89 Å². The van der Waals surface area contributed by atoms with Gasteiger partial charge in [0.25, 0.3) is 0 Å². The first-order valence-corrected chi connectivity index (χ1v) is 7.53. The zero-order valence-electron chi connectivity index (χ0n) is 13.4. The van der Waals surface area contributed by atoms with Gasteiger partial charge in [-0.05, 0) is 38.1 Å². The van der Waals surface area contributed by atoms with Crippen LogP contribution in [0, 0.1) is 0 Å². The molecule has 1 heterocycles. The fourth-order valence-electron chi connectivity index (χ4n) is 2.22. The molecule has 0 fully saturated rings. The molecule has 4 nitrogen and oxygen atoms in total. The van der Waals surface area contributed by atoms with Gasteiger partial charge in [0.15, 0.2) is 5.82 Å². The summed E-state index contributed by atoms with van der Waals surface area (Å²) in [7, 11) is 1.93. The first-order valence-electron chi connectivity index (χ1n) is 7.15. The maximum atomic E-state index is 6.04. The monoisotopic (exact) mass is 343 g/mol. The number of aromatic nitrogens is 2. The van der Waals surface area contributed by atoms with Gasteiger partial charge >= 0.3 is 0 Å². The standard InChI is InChI=1S/C16H22ClN3O.ClH/c1-11(18-4)8-14-19-15(21-20-14)16(2,3)10-12-6-5-7-13(17)9-12;/h5-7,9,11,18H,8,10H2,1-4H3;1H. The van der Waals surface area contributed by atoms with Crippen molar-refractivity contribution in [2.45, 2.75) is 45.1 Å². The van der Waals surface area contributed by atoms with Gasteiger partial charge < -0.3 is 9.84 Å². The van der Waals surface area contributed by atoms with Crippen molar-refractivity contribution in [3.8, 4) is 0 Å². The second-order valence-electron chi connectivity index (χ2n) is 6.10. The third kappa shape index (κ3) is 4.97. The first-order chi connectivity index (χ1) is 9.90. The van der Waals surface area contributed by atoms with Crippen LogP contribution in [-0.4, -0.2) is 23.2 Å². The number of nitrogens with zero attached hydrogens (tertiary/aromatic N) is 2.